The standard InChI is InChI=1S/C23H31N3OS/c1-17(2)19-9-11-21(12-10-19)25-23(28)24-18(3)22(20-7-5-4-6-8-20)26-13-15-27-16-14-26/h4-12,17-18,22H,13-16H2,1-3H3,(H2,24,25,28)/t18-,22+/m1/s1. The minimum absolute atomic E-state index is 0.162. The number of anilines is 1. The summed E-state index contributed by atoms with van der Waals surface area (Å²) in [6, 6.07) is 19.5. The van der Waals surface area contributed by atoms with Crippen LogP contribution in [0.1, 0.15) is 43.9 Å². The lowest BCUT2D eigenvalue weighted by Crippen LogP contribution is -2.49. The second-order valence-corrected chi connectivity index (χ2v) is 8.08. The van der Waals surface area contributed by atoms with Crippen molar-refractivity contribution in [2.45, 2.75) is 38.8 Å². The van der Waals surface area contributed by atoms with Crippen LogP contribution < -0.4 is 10.6 Å². The fourth-order valence-electron chi connectivity index (χ4n) is 3.73. The number of morpholine rings is 1. The Bertz CT molecular complexity index is 742. The van der Waals surface area contributed by atoms with E-state index in [1.807, 2.05) is 0 Å². The Morgan fingerprint density at radius 2 is 1.57 bits per heavy atom. The molecular weight excluding hydrogens is 366 g/mol. The highest BCUT2D eigenvalue weighted by atomic mass is 32.1. The van der Waals surface area contributed by atoms with Gasteiger partial charge < -0.3 is 15.4 Å². The first-order valence-electron chi connectivity index (χ1n) is 10.1. The first-order valence-corrected chi connectivity index (χ1v) is 10.5. The monoisotopic (exact) mass is 397 g/mol. The maximum atomic E-state index is 5.60. The van der Waals surface area contributed by atoms with Crippen LogP contribution in [0.3, 0.4) is 0 Å². The summed E-state index contributed by atoms with van der Waals surface area (Å²) in [5, 5.41) is 7.48. The molecule has 3 rings (SSSR count). The van der Waals surface area contributed by atoms with Gasteiger partial charge in [-0.05, 0) is 48.3 Å². The number of rotatable bonds is 6. The van der Waals surface area contributed by atoms with Crippen LogP contribution in [0.15, 0.2) is 54.6 Å². The average Bonchev–Trinajstić information content (AvgIpc) is 2.70. The van der Waals surface area contributed by atoms with Crippen LogP contribution >= 0.6 is 12.2 Å². The molecule has 0 unspecified atom stereocenters. The summed E-state index contributed by atoms with van der Waals surface area (Å²) in [5.74, 6) is 0.527. The second-order valence-electron chi connectivity index (χ2n) is 7.67. The summed E-state index contributed by atoms with van der Waals surface area (Å²) in [4.78, 5) is 2.48. The van der Waals surface area contributed by atoms with Crippen LogP contribution in [0.25, 0.3) is 0 Å². The predicted octanol–water partition coefficient (Wildman–Crippen LogP) is 4.56. The topological polar surface area (TPSA) is 36.5 Å². The zero-order chi connectivity index (χ0) is 19.9. The van der Waals surface area contributed by atoms with E-state index < -0.39 is 0 Å². The molecule has 2 aromatic rings. The molecular formula is C23H31N3OS. The number of benzene rings is 2. The fourth-order valence-corrected chi connectivity index (χ4v) is 4.03. The highest BCUT2D eigenvalue weighted by Gasteiger charge is 2.28. The molecule has 1 fully saturated rings. The molecule has 0 amide bonds. The minimum atomic E-state index is 0.162. The number of hydrogen-bond donors (Lipinski definition) is 2. The maximum absolute atomic E-state index is 5.60. The van der Waals surface area contributed by atoms with Gasteiger partial charge in [-0.25, -0.2) is 0 Å². The molecule has 2 atom stereocenters. The van der Waals surface area contributed by atoms with Crippen molar-refractivity contribution in [2.24, 2.45) is 0 Å². The molecule has 0 spiro atoms. The van der Waals surface area contributed by atoms with Gasteiger partial charge in [0.05, 0.1) is 19.3 Å². The van der Waals surface area contributed by atoms with Gasteiger partial charge in [0.15, 0.2) is 5.11 Å². The summed E-state index contributed by atoms with van der Waals surface area (Å²) in [7, 11) is 0. The summed E-state index contributed by atoms with van der Waals surface area (Å²) in [5.41, 5.74) is 3.64. The molecule has 1 saturated heterocycles. The van der Waals surface area contributed by atoms with Gasteiger partial charge in [0.1, 0.15) is 0 Å². The van der Waals surface area contributed by atoms with Crippen molar-refractivity contribution in [3.8, 4) is 0 Å². The molecule has 0 bridgehead atoms. The number of nitrogens with one attached hydrogen (secondary N) is 2. The third kappa shape index (κ3) is 5.53. The van der Waals surface area contributed by atoms with E-state index in [2.05, 4.69) is 90.9 Å². The van der Waals surface area contributed by atoms with E-state index in [1.165, 1.54) is 11.1 Å². The summed E-state index contributed by atoms with van der Waals surface area (Å²) >= 11 is 5.60. The Morgan fingerprint density at radius 1 is 0.929 bits per heavy atom. The Kier molecular flexibility index (Phi) is 7.43. The Balaban J connectivity index is 1.66. The Labute approximate surface area is 174 Å². The SMILES string of the molecule is CC(C)c1ccc(NC(=S)N[C@H](C)[C@@H](c2ccccc2)N2CCOCC2)cc1. The van der Waals surface area contributed by atoms with Gasteiger partial charge in [-0.15, -0.1) is 0 Å². The predicted molar refractivity (Wildman–Crippen MR) is 121 cm³/mol. The van der Waals surface area contributed by atoms with E-state index in [4.69, 9.17) is 17.0 Å². The number of ether oxygens (including phenoxy) is 1. The van der Waals surface area contributed by atoms with Gasteiger partial charge >= 0.3 is 0 Å². The summed E-state index contributed by atoms with van der Waals surface area (Å²) in [6.07, 6.45) is 0. The highest BCUT2D eigenvalue weighted by molar-refractivity contribution is 7.80. The van der Waals surface area contributed by atoms with E-state index in [0.29, 0.717) is 11.0 Å². The van der Waals surface area contributed by atoms with Crippen LogP contribution in [0.2, 0.25) is 0 Å². The van der Waals surface area contributed by atoms with Gasteiger partial charge in [-0.3, -0.25) is 4.90 Å². The molecule has 28 heavy (non-hydrogen) atoms. The van der Waals surface area contributed by atoms with Crippen molar-refractivity contribution in [3.63, 3.8) is 0 Å². The van der Waals surface area contributed by atoms with Gasteiger partial charge in [-0.2, -0.15) is 0 Å². The molecule has 0 saturated carbocycles. The maximum Gasteiger partial charge on any atom is 0.171 e. The first kappa shape index (κ1) is 20.8. The third-order valence-electron chi connectivity index (χ3n) is 5.25. The van der Waals surface area contributed by atoms with Crippen LogP contribution in [0.4, 0.5) is 5.69 Å². The zero-order valence-corrected chi connectivity index (χ0v) is 17.8. The van der Waals surface area contributed by atoms with Crippen LogP contribution in [-0.2, 0) is 4.74 Å². The van der Waals surface area contributed by atoms with Gasteiger partial charge in [0.25, 0.3) is 0 Å². The lowest BCUT2D eigenvalue weighted by molar-refractivity contribution is 0.0102. The molecule has 4 nitrogen and oxygen atoms in total. The van der Waals surface area contributed by atoms with E-state index in [1.54, 1.807) is 0 Å². The molecule has 150 valence electrons. The van der Waals surface area contributed by atoms with E-state index in [9.17, 15) is 0 Å². The third-order valence-corrected chi connectivity index (χ3v) is 5.47. The molecule has 2 aromatic carbocycles. The van der Waals surface area contributed by atoms with E-state index in [-0.39, 0.29) is 12.1 Å². The number of hydrogen-bond acceptors (Lipinski definition) is 3. The van der Waals surface area contributed by atoms with Crippen molar-refractivity contribution in [3.05, 3.63) is 65.7 Å². The minimum Gasteiger partial charge on any atom is -0.379 e. The molecule has 0 aromatic heterocycles. The van der Waals surface area contributed by atoms with Gasteiger partial charge in [0, 0.05) is 24.8 Å². The lowest BCUT2D eigenvalue weighted by atomic mass is 9.98. The van der Waals surface area contributed by atoms with Crippen molar-refractivity contribution < 1.29 is 4.74 Å². The molecule has 0 aliphatic carbocycles. The van der Waals surface area contributed by atoms with Crippen molar-refractivity contribution in [1.29, 1.82) is 0 Å². The zero-order valence-electron chi connectivity index (χ0n) is 17.0. The highest BCUT2D eigenvalue weighted by Crippen LogP contribution is 2.25. The summed E-state index contributed by atoms with van der Waals surface area (Å²) < 4.78 is 5.55. The molecule has 0 radical (unpaired) electrons. The second kappa shape index (κ2) is 10.0. The first-order chi connectivity index (χ1) is 13.5. The smallest absolute Gasteiger partial charge is 0.171 e. The number of thiocarbonyl (C=S) groups is 1. The molecule has 5 heteroatoms. The largest absolute Gasteiger partial charge is 0.379 e. The normalized spacial score (nSPS) is 17.1. The molecule has 1 heterocycles. The quantitative estimate of drug-likeness (QED) is 0.699. The Morgan fingerprint density at radius 3 is 2.18 bits per heavy atom. The molecule has 1 aliphatic rings. The Hall–Kier alpha value is -1.95. The van der Waals surface area contributed by atoms with Gasteiger partial charge in [0.2, 0.25) is 0 Å². The fraction of sp³-hybridized carbons (Fsp3) is 0.435. The molecule has 1 aliphatic heterocycles. The van der Waals surface area contributed by atoms with Crippen molar-refractivity contribution in [2.75, 3.05) is 31.6 Å². The van der Waals surface area contributed by atoms with Gasteiger partial charge in [-0.1, -0.05) is 56.3 Å². The molecule has 2 N–H and O–H groups in total. The average molecular weight is 398 g/mol. The van der Waals surface area contributed by atoms with E-state index >= 15 is 0 Å². The van der Waals surface area contributed by atoms with E-state index in [0.717, 1.165) is 32.0 Å². The number of nitrogens with zero attached hydrogens (tertiary/aromatic N) is 1. The lowest BCUT2D eigenvalue weighted by Gasteiger charge is -2.38. The van der Waals surface area contributed by atoms with Crippen LogP contribution in [0.5, 0.6) is 0 Å². The van der Waals surface area contributed by atoms with Crippen molar-refractivity contribution >= 4 is 23.0 Å². The summed E-state index contributed by atoms with van der Waals surface area (Å²) in [6.45, 7) is 10.0. The van der Waals surface area contributed by atoms with Crippen LogP contribution in [0, 0.1) is 0 Å². The van der Waals surface area contributed by atoms with Crippen molar-refractivity contribution in [1.82, 2.24) is 10.2 Å². The van der Waals surface area contributed by atoms with Crippen LogP contribution in [-0.4, -0.2) is 42.4 Å².